The molecule has 2 heterocycles. The van der Waals surface area contributed by atoms with Crippen LogP contribution in [-0.4, -0.2) is 48.3 Å². The zero-order valence-corrected chi connectivity index (χ0v) is 13.9. The molecular weight excluding hydrogens is 290 g/mol. The Morgan fingerprint density at radius 3 is 3.17 bits per heavy atom. The highest BCUT2D eigenvalue weighted by Crippen LogP contribution is 2.21. The first-order valence-corrected chi connectivity index (χ1v) is 8.39. The fourth-order valence-corrected chi connectivity index (χ4v) is 3.29. The molecule has 5 heteroatoms. The second-order valence-corrected chi connectivity index (χ2v) is 6.15. The Balaban J connectivity index is 1.50. The van der Waals surface area contributed by atoms with E-state index in [1.54, 1.807) is 4.90 Å². The smallest absolute Gasteiger partial charge is 0.409 e. The Morgan fingerprint density at radius 2 is 2.35 bits per heavy atom. The van der Waals surface area contributed by atoms with Gasteiger partial charge in [-0.2, -0.15) is 0 Å². The summed E-state index contributed by atoms with van der Waals surface area (Å²) in [5.41, 5.74) is 3.86. The first-order valence-electron chi connectivity index (χ1n) is 8.39. The molecule has 2 N–H and O–H groups in total. The molecule has 1 saturated heterocycles. The van der Waals surface area contributed by atoms with E-state index in [1.807, 2.05) is 6.92 Å². The number of fused-ring (bicyclic) bond motifs is 1. The molecule has 1 aromatic carbocycles. The maximum absolute atomic E-state index is 11.7. The molecule has 124 valence electrons. The highest BCUT2D eigenvalue weighted by molar-refractivity contribution is 5.85. The van der Waals surface area contributed by atoms with Gasteiger partial charge >= 0.3 is 6.09 Å². The normalized spacial score (nSPS) is 17.8. The molecule has 0 spiro atoms. The van der Waals surface area contributed by atoms with E-state index in [0.717, 1.165) is 32.5 Å². The van der Waals surface area contributed by atoms with Crippen molar-refractivity contribution in [3.63, 3.8) is 0 Å². The van der Waals surface area contributed by atoms with Crippen LogP contribution in [0, 0.1) is 6.92 Å². The summed E-state index contributed by atoms with van der Waals surface area (Å²) in [5.74, 6) is 0. The number of rotatable bonds is 5. The summed E-state index contributed by atoms with van der Waals surface area (Å²) >= 11 is 0. The Bertz CT molecular complexity index is 680. The van der Waals surface area contributed by atoms with Crippen molar-refractivity contribution in [1.82, 2.24) is 15.2 Å². The molecule has 0 radical (unpaired) electrons. The van der Waals surface area contributed by atoms with Crippen LogP contribution in [0.2, 0.25) is 0 Å². The lowest BCUT2D eigenvalue weighted by molar-refractivity contribution is 0.115. The van der Waals surface area contributed by atoms with E-state index in [4.69, 9.17) is 4.74 Å². The van der Waals surface area contributed by atoms with Crippen molar-refractivity contribution < 1.29 is 9.53 Å². The average molecular weight is 315 g/mol. The fourth-order valence-electron chi connectivity index (χ4n) is 3.29. The van der Waals surface area contributed by atoms with E-state index in [0.29, 0.717) is 12.6 Å². The average Bonchev–Trinajstić information content (AvgIpc) is 3.16. The third-order valence-corrected chi connectivity index (χ3v) is 4.55. The topological polar surface area (TPSA) is 57.4 Å². The van der Waals surface area contributed by atoms with Gasteiger partial charge in [0, 0.05) is 36.2 Å². The predicted molar refractivity (Wildman–Crippen MR) is 91.7 cm³/mol. The lowest BCUT2D eigenvalue weighted by Crippen LogP contribution is -2.36. The lowest BCUT2D eigenvalue weighted by Gasteiger charge is -2.16. The van der Waals surface area contributed by atoms with Gasteiger partial charge in [-0.15, -0.1) is 0 Å². The molecule has 1 atom stereocenters. The number of amides is 1. The molecule has 23 heavy (non-hydrogen) atoms. The maximum Gasteiger partial charge on any atom is 0.409 e. The number of likely N-dealkylation sites (tertiary alicyclic amines) is 1. The van der Waals surface area contributed by atoms with Crippen LogP contribution < -0.4 is 5.32 Å². The first-order chi connectivity index (χ1) is 11.2. The number of carbonyl (C=O) groups excluding carboxylic acids is 1. The minimum atomic E-state index is -0.191. The number of carbonyl (C=O) groups is 1. The van der Waals surface area contributed by atoms with Crippen LogP contribution in [0.1, 0.15) is 24.5 Å². The van der Waals surface area contributed by atoms with Crippen molar-refractivity contribution in [3.8, 4) is 0 Å². The molecule has 1 aliphatic heterocycles. The molecule has 1 aromatic heterocycles. The highest BCUT2D eigenvalue weighted by Gasteiger charge is 2.26. The van der Waals surface area contributed by atoms with E-state index < -0.39 is 0 Å². The number of hydrogen-bond acceptors (Lipinski definition) is 3. The van der Waals surface area contributed by atoms with E-state index >= 15 is 0 Å². The Morgan fingerprint density at radius 1 is 1.48 bits per heavy atom. The number of aryl methyl sites for hydroxylation is 1. The van der Waals surface area contributed by atoms with Crippen molar-refractivity contribution >= 4 is 17.0 Å². The predicted octanol–water partition coefficient (Wildman–Crippen LogP) is 2.84. The Kier molecular flexibility index (Phi) is 4.86. The molecule has 0 aliphatic carbocycles. The minimum absolute atomic E-state index is 0.191. The standard InChI is InChI=1S/C18H25N3O2/c1-3-23-18(22)21-10-8-15(12-21)19-9-7-14-11-20-17-13(2)5-4-6-16(14)17/h4-6,11,15,19-20H,3,7-10,12H2,1-2H3/t15-/m1/s1. The van der Waals surface area contributed by atoms with E-state index in [2.05, 4.69) is 41.6 Å². The van der Waals surface area contributed by atoms with Crippen molar-refractivity contribution in [2.24, 2.45) is 0 Å². The van der Waals surface area contributed by atoms with Crippen molar-refractivity contribution in [1.29, 1.82) is 0 Å². The summed E-state index contributed by atoms with van der Waals surface area (Å²) in [6, 6.07) is 6.78. The van der Waals surface area contributed by atoms with Crippen LogP contribution in [-0.2, 0) is 11.2 Å². The molecule has 0 unspecified atom stereocenters. The van der Waals surface area contributed by atoms with E-state index in [9.17, 15) is 4.79 Å². The number of benzene rings is 1. The summed E-state index contributed by atoms with van der Waals surface area (Å²) < 4.78 is 5.05. The molecule has 2 aromatic rings. The van der Waals surface area contributed by atoms with Gasteiger partial charge in [-0.3, -0.25) is 0 Å². The monoisotopic (exact) mass is 315 g/mol. The molecule has 1 amide bonds. The summed E-state index contributed by atoms with van der Waals surface area (Å²) in [4.78, 5) is 16.9. The van der Waals surface area contributed by atoms with Gasteiger partial charge in [0.05, 0.1) is 6.61 Å². The zero-order chi connectivity index (χ0) is 16.2. The second kappa shape index (κ2) is 7.04. The van der Waals surface area contributed by atoms with Crippen LogP contribution in [0.25, 0.3) is 10.9 Å². The van der Waals surface area contributed by atoms with Crippen LogP contribution in [0.4, 0.5) is 4.79 Å². The minimum Gasteiger partial charge on any atom is -0.450 e. The van der Waals surface area contributed by atoms with Gasteiger partial charge in [-0.1, -0.05) is 18.2 Å². The third-order valence-electron chi connectivity index (χ3n) is 4.55. The number of ether oxygens (including phenoxy) is 1. The zero-order valence-electron chi connectivity index (χ0n) is 13.9. The largest absolute Gasteiger partial charge is 0.450 e. The number of nitrogens with one attached hydrogen (secondary N) is 2. The first kappa shape index (κ1) is 15.9. The number of H-pyrrole nitrogens is 1. The lowest BCUT2D eigenvalue weighted by atomic mass is 10.1. The molecule has 0 saturated carbocycles. The quantitative estimate of drug-likeness (QED) is 0.892. The number of aromatic nitrogens is 1. The maximum atomic E-state index is 11.7. The molecule has 5 nitrogen and oxygen atoms in total. The molecule has 1 aliphatic rings. The highest BCUT2D eigenvalue weighted by atomic mass is 16.6. The Hall–Kier alpha value is -2.01. The third kappa shape index (κ3) is 3.50. The van der Waals surface area contributed by atoms with Gasteiger partial charge in [0.15, 0.2) is 0 Å². The number of nitrogens with zero attached hydrogens (tertiary/aromatic N) is 1. The fraction of sp³-hybridized carbons (Fsp3) is 0.500. The summed E-state index contributed by atoms with van der Waals surface area (Å²) in [6.45, 7) is 6.85. The molecule has 0 bridgehead atoms. The Labute approximate surface area is 137 Å². The molecule has 1 fully saturated rings. The van der Waals surface area contributed by atoms with E-state index in [-0.39, 0.29) is 6.09 Å². The van der Waals surface area contributed by atoms with Gasteiger partial charge in [0.25, 0.3) is 0 Å². The van der Waals surface area contributed by atoms with Gasteiger partial charge in [-0.05, 0) is 44.4 Å². The summed E-state index contributed by atoms with van der Waals surface area (Å²) in [5, 5.41) is 4.87. The SMILES string of the molecule is CCOC(=O)N1CC[C@@H](NCCc2c[nH]c3c(C)cccc23)C1. The number of hydrogen-bond donors (Lipinski definition) is 2. The molecule has 3 rings (SSSR count). The molecular formula is C18H25N3O2. The number of para-hydroxylation sites is 1. The number of aromatic amines is 1. The van der Waals surface area contributed by atoms with Gasteiger partial charge in [0.1, 0.15) is 0 Å². The second-order valence-electron chi connectivity index (χ2n) is 6.15. The summed E-state index contributed by atoms with van der Waals surface area (Å²) in [6.07, 6.45) is 3.90. The van der Waals surface area contributed by atoms with Crippen molar-refractivity contribution in [2.45, 2.75) is 32.7 Å². The van der Waals surface area contributed by atoms with Crippen LogP contribution >= 0.6 is 0 Å². The van der Waals surface area contributed by atoms with Crippen molar-refractivity contribution in [2.75, 3.05) is 26.2 Å². The van der Waals surface area contributed by atoms with Crippen LogP contribution in [0.3, 0.4) is 0 Å². The van der Waals surface area contributed by atoms with E-state index in [1.165, 1.54) is 22.0 Å². The van der Waals surface area contributed by atoms with Crippen molar-refractivity contribution in [3.05, 3.63) is 35.5 Å². The van der Waals surface area contributed by atoms with Gasteiger partial charge in [-0.25, -0.2) is 4.79 Å². The van der Waals surface area contributed by atoms with Crippen LogP contribution in [0.15, 0.2) is 24.4 Å². The van der Waals surface area contributed by atoms with Crippen LogP contribution in [0.5, 0.6) is 0 Å². The summed E-state index contributed by atoms with van der Waals surface area (Å²) in [7, 11) is 0. The van der Waals surface area contributed by atoms with Gasteiger partial charge in [0.2, 0.25) is 0 Å². The van der Waals surface area contributed by atoms with Gasteiger partial charge < -0.3 is 19.9 Å².